The third-order valence-corrected chi connectivity index (χ3v) is 4.92. The Bertz CT molecular complexity index is 696. The molecule has 0 radical (unpaired) electrons. The van der Waals surface area contributed by atoms with Crippen molar-refractivity contribution in [2.45, 2.75) is 80.1 Å². The van der Waals surface area contributed by atoms with Crippen LogP contribution in [0.3, 0.4) is 0 Å². The molecule has 0 bridgehead atoms. The number of anilines is 1. The van der Waals surface area contributed by atoms with Crippen LogP contribution in [-0.2, 0) is 16.0 Å². The number of hydrogen-bond acceptors (Lipinski definition) is 4. The van der Waals surface area contributed by atoms with Gasteiger partial charge in [-0.1, -0.05) is 58.4 Å². The lowest BCUT2D eigenvalue weighted by Gasteiger charge is -2.31. The van der Waals surface area contributed by atoms with Gasteiger partial charge in [0.2, 0.25) is 0 Å². The number of ether oxygens (including phenoxy) is 1. The Hall–Kier alpha value is -2.27. The third-order valence-electron chi connectivity index (χ3n) is 4.92. The number of nitrogens with one attached hydrogen (secondary N) is 1. The molecule has 0 aliphatic carbocycles. The van der Waals surface area contributed by atoms with Gasteiger partial charge in [0, 0.05) is 30.8 Å². The maximum atomic E-state index is 11.7. The van der Waals surface area contributed by atoms with Crippen LogP contribution in [0.1, 0.15) is 77.8 Å². The normalized spacial score (nSPS) is 13.2. The molecule has 0 saturated carbocycles. The van der Waals surface area contributed by atoms with Crippen molar-refractivity contribution in [2.24, 2.45) is 0 Å². The van der Waals surface area contributed by atoms with Gasteiger partial charge < -0.3 is 9.64 Å². The molecule has 0 fully saturated rings. The Kier molecular flexibility index (Phi) is 16.1. The molecule has 176 valence electrons. The monoisotopic (exact) mass is 432 g/mol. The molecule has 5 heteroatoms. The largest absolute Gasteiger partial charge is 0.501 e. The number of benzene rings is 1. The summed E-state index contributed by atoms with van der Waals surface area (Å²) in [6.45, 7) is 14.2. The number of allylic oxidation sites excluding steroid dienone is 2. The highest BCUT2D eigenvalue weighted by Crippen LogP contribution is 2.28. The molecule has 0 unspecified atom stereocenters. The SMILES string of the molecule is CC.CC.CC/C=C(\C=C(\CCCCN1CCCc2cc(C)ccc21)OC)C(=O)NO. The molecule has 1 aliphatic heterocycles. The lowest BCUT2D eigenvalue weighted by Crippen LogP contribution is -2.30. The summed E-state index contributed by atoms with van der Waals surface area (Å²) in [5.74, 6) is 0.250. The van der Waals surface area contributed by atoms with Gasteiger partial charge in [-0.25, -0.2) is 5.48 Å². The first-order chi connectivity index (χ1) is 15.1. The van der Waals surface area contributed by atoms with Gasteiger partial charge in [0.05, 0.1) is 12.9 Å². The van der Waals surface area contributed by atoms with E-state index in [1.807, 2.05) is 34.6 Å². The number of fused-ring (bicyclic) bond motifs is 1. The molecule has 2 N–H and O–H groups in total. The Balaban J connectivity index is 0.00000212. The Morgan fingerprint density at radius 3 is 2.55 bits per heavy atom. The van der Waals surface area contributed by atoms with Crippen LogP contribution in [0.4, 0.5) is 5.69 Å². The summed E-state index contributed by atoms with van der Waals surface area (Å²) in [7, 11) is 1.62. The van der Waals surface area contributed by atoms with E-state index >= 15 is 0 Å². The molecule has 1 aliphatic rings. The minimum absolute atomic E-state index is 0.428. The molecule has 0 spiro atoms. The van der Waals surface area contributed by atoms with Gasteiger partial charge in [0.15, 0.2) is 0 Å². The first-order valence-electron chi connectivity index (χ1n) is 11.8. The fourth-order valence-corrected chi connectivity index (χ4v) is 3.55. The number of carbonyl (C=O) groups excluding carboxylic acids is 1. The van der Waals surface area contributed by atoms with E-state index in [0.29, 0.717) is 12.0 Å². The van der Waals surface area contributed by atoms with Crippen LogP contribution in [0, 0.1) is 6.92 Å². The molecule has 0 atom stereocenters. The van der Waals surface area contributed by atoms with Crippen molar-refractivity contribution in [1.29, 1.82) is 0 Å². The first kappa shape index (κ1) is 28.7. The average molecular weight is 433 g/mol. The number of nitrogens with zero attached hydrogens (tertiary/aromatic N) is 1. The van der Waals surface area contributed by atoms with Gasteiger partial charge >= 0.3 is 0 Å². The zero-order valence-corrected chi connectivity index (χ0v) is 20.8. The van der Waals surface area contributed by atoms with E-state index in [1.54, 1.807) is 24.7 Å². The van der Waals surface area contributed by atoms with Crippen molar-refractivity contribution in [3.05, 3.63) is 52.8 Å². The summed E-state index contributed by atoms with van der Waals surface area (Å²) in [5, 5.41) is 8.86. The van der Waals surface area contributed by atoms with Crippen molar-refractivity contribution in [2.75, 3.05) is 25.1 Å². The molecule has 0 aromatic heterocycles. The van der Waals surface area contributed by atoms with Gasteiger partial charge in [-0.15, -0.1) is 0 Å². The maximum absolute atomic E-state index is 11.7. The van der Waals surface area contributed by atoms with E-state index in [1.165, 1.54) is 29.7 Å². The summed E-state index contributed by atoms with van der Waals surface area (Å²) in [5.41, 5.74) is 6.28. The number of rotatable bonds is 9. The van der Waals surface area contributed by atoms with Gasteiger partial charge in [-0.05, 0) is 56.7 Å². The predicted molar refractivity (Wildman–Crippen MR) is 132 cm³/mol. The van der Waals surface area contributed by atoms with Crippen LogP contribution in [0.2, 0.25) is 0 Å². The zero-order chi connectivity index (χ0) is 23.6. The molecule has 1 aromatic rings. The summed E-state index contributed by atoms with van der Waals surface area (Å²) in [6, 6.07) is 6.75. The number of carbonyl (C=O) groups is 1. The lowest BCUT2D eigenvalue weighted by molar-refractivity contribution is -0.124. The van der Waals surface area contributed by atoms with Crippen molar-refractivity contribution in [3.63, 3.8) is 0 Å². The number of aryl methyl sites for hydroxylation is 2. The average Bonchev–Trinajstić information content (AvgIpc) is 2.82. The topological polar surface area (TPSA) is 61.8 Å². The van der Waals surface area contributed by atoms with E-state index in [0.717, 1.165) is 38.1 Å². The molecular formula is C26H44N2O3. The molecule has 1 heterocycles. The minimum atomic E-state index is -0.508. The first-order valence-corrected chi connectivity index (χ1v) is 11.8. The van der Waals surface area contributed by atoms with Crippen molar-refractivity contribution >= 4 is 11.6 Å². The molecule has 0 saturated heterocycles. The van der Waals surface area contributed by atoms with Crippen molar-refractivity contribution < 1.29 is 14.7 Å². The number of unbranched alkanes of at least 4 members (excludes halogenated alkanes) is 1. The summed E-state index contributed by atoms with van der Waals surface area (Å²) in [4.78, 5) is 14.2. The quantitative estimate of drug-likeness (QED) is 0.119. The van der Waals surface area contributed by atoms with Crippen LogP contribution in [0.25, 0.3) is 0 Å². The lowest BCUT2D eigenvalue weighted by atomic mass is 9.99. The Morgan fingerprint density at radius 2 is 1.94 bits per heavy atom. The Labute approximate surface area is 190 Å². The van der Waals surface area contributed by atoms with Crippen LogP contribution >= 0.6 is 0 Å². The number of hydroxylamine groups is 1. The maximum Gasteiger partial charge on any atom is 0.274 e. The predicted octanol–water partition coefficient (Wildman–Crippen LogP) is 6.34. The molecular weight excluding hydrogens is 388 g/mol. The number of methoxy groups -OCH3 is 1. The number of hydrogen-bond donors (Lipinski definition) is 2. The number of amides is 1. The van der Waals surface area contributed by atoms with Gasteiger partial charge in [-0.2, -0.15) is 0 Å². The summed E-state index contributed by atoms with van der Waals surface area (Å²) < 4.78 is 5.43. The fraction of sp³-hybridized carbons (Fsp3) is 0.577. The standard InChI is InChI=1S/C22H32N2O3.2C2H6/c1-4-8-19(22(25)23-26)16-20(27-3)10-5-6-13-24-14-7-9-18-15-17(2)11-12-21(18)24;2*1-2/h8,11-12,15-16,26H,4-7,9-10,13-14H2,1-3H3,(H,23,25);2*1-2H3/b19-8+,20-16-;;. The highest BCUT2D eigenvalue weighted by atomic mass is 16.5. The van der Waals surface area contributed by atoms with Crippen LogP contribution < -0.4 is 10.4 Å². The van der Waals surface area contributed by atoms with E-state index in [4.69, 9.17) is 9.94 Å². The zero-order valence-electron chi connectivity index (χ0n) is 20.8. The fourth-order valence-electron chi connectivity index (χ4n) is 3.55. The highest BCUT2D eigenvalue weighted by Gasteiger charge is 2.16. The van der Waals surface area contributed by atoms with E-state index in [2.05, 4.69) is 30.0 Å². The highest BCUT2D eigenvalue weighted by molar-refractivity contribution is 5.95. The van der Waals surface area contributed by atoms with Crippen LogP contribution in [0.5, 0.6) is 0 Å². The third kappa shape index (κ3) is 10.1. The van der Waals surface area contributed by atoms with Crippen molar-refractivity contribution in [1.82, 2.24) is 5.48 Å². The van der Waals surface area contributed by atoms with Gasteiger partial charge in [0.25, 0.3) is 5.91 Å². The van der Waals surface area contributed by atoms with E-state index in [-0.39, 0.29) is 0 Å². The molecule has 1 amide bonds. The molecule has 5 nitrogen and oxygen atoms in total. The minimum Gasteiger partial charge on any atom is -0.501 e. The van der Waals surface area contributed by atoms with Crippen LogP contribution in [0.15, 0.2) is 41.7 Å². The molecule has 2 rings (SSSR count). The second-order valence-corrected chi connectivity index (χ2v) is 7.00. The summed E-state index contributed by atoms with van der Waals surface area (Å²) in [6.07, 6.45) is 9.40. The van der Waals surface area contributed by atoms with Crippen LogP contribution in [-0.4, -0.2) is 31.3 Å². The summed E-state index contributed by atoms with van der Waals surface area (Å²) >= 11 is 0. The molecule has 31 heavy (non-hydrogen) atoms. The van der Waals surface area contributed by atoms with Gasteiger partial charge in [0.1, 0.15) is 0 Å². The second-order valence-electron chi connectivity index (χ2n) is 7.00. The van der Waals surface area contributed by atoms with E-state index < -0.39 is 5.91 Å². The smallest absolute Gasteiger partial charge is 0.274 e. The Morgan fingerprint density at radius 1 is 1.23 bits per heavy atom. The van der Waals surface area contributed by atoms with E-state index in [9.17, 15) is 4.79 Å². The second kappa shape index (κ2) is 17.4. The van der Waals surface area contributed by atoms with Gasteiger partial charge in [-0.3, -0.25) is 10.0 Å². The van der Waals surface area contributed by atoms with Crippen molar-refractivity contribution in [3.8, 4) is 0 Å². The molecule has 1 aromatic carbocycles.